The number of benzene rings is 1. The number of hydrogen-bond donors (Lipinski definition) is 2. The lowest BCUT2D eigenvalue weighted by Crippen LogP contribution is -2.26. The first-order valence-electron chi connectivity index (χ1n) is 7.40. The molecule has 0 bridgehead atoms. The Morgan fingerprint density at radius 1 is 1.40 bits per heavy atom. The number of nitrogens with two attached hydrogens (primary N) is 1. The largest absolute Gasteiger partial charge is 0.369 e. The van der Waals surface area contributed by atoms with E-state index in [1.165, 1.54) is 18.4 Å². The Kier molecular flexibility index (Phi) is 3.74. The summed E-state index contributed by atoms with van der Waals surface area (Å²) < 4.78 is 0. The van der Waals surface area contributed by atoms with Crippen molar-refractivity contribution in [1.82, 2.24) is 5.32 Å². The molecule has 2 fully saturated rings. The van der Waals surface area contributed by atoms with E-state index in [2.05, 4.69) is 17.4 Å². The van der Waals surface area contributed by atoms with Crippen LogP contribution < -0.4 is 11.1 Å². The van der Waals surface area contributed by atoms with Crippen molar-refractivity contribution in [2.45, 2.75) is 44.6 Å². The second-order valence-corrected chi connectivity index (χ2v) is 6.63. The summed E-state index contributed by atoms with van der Waals surface area (Å²) in [5, 5.41) is 4.26. The van der Waals surface area contributed by atoms with E-state index in [0.717, 1.165) is 42.4 Å². The molecule has 0 saturated heterocycles. The van der Waals surface area contributed by atoms with Gasteiger partial charge in [0.2, 0.25) is 5.91 Å². The van der Waals surface area contributed by atoms with Crippen molar-refractivity contribution in [1.29, 1.82) is 0 Å². The number of carbonyl (C=O) groups excluding carboxylic acids is 1. The Morgan fingerprint density at radius 3 is 2.75 bits per heavy atom. The molecule has 0 radical (unpaired) electrons. The first kappa shape index (κ1) is 13.9. The molecule has 0 aliphatic heterocycles. The molecule has 1 aromatic carbocycles. The van der Waals surface area contributed by atoms with E-state index in [1.54, 1.807) is 0 Å². The van der Waals surface area contributed by atoms with Crippen molar-refractivity contribution in [3.05, 3.63) is 34.3 Å². The van der Waals surface area contributed by atoms with Crippen LogP contribution in [-0.4, -0.2) is 18.5 Å². The fourth-order valence-electron chi connectivity index (χ4n) is 2.65. The standard InChI is InChI=1S/C16H21ClN2O/c17-14-4-1-11(5-8-19-13-2-3-13)9-12(14)10-16(6-7-16)15(18)20/h1,4,9,13,19H,2-3,5-8,10H2,(H2,18,20). The van der Waals surface area contributed by atoms with E-state index in [-0.39, 0.29) is 11.3 Å². The summed E-state index contributed by atoms with van der Waals surface area (Å²) in [7, 11) is 0. The maximum atomic E-state index is 11.5. The van der Waals surface area contributed by atoms with Crippen LogP contribution in [0.1, 0.15) is 36.8 Å². The smallest absolute Gasteiger partial charge is 0.223 e. The van der Waals surface area contributed by atoms with Crippen LogP contribution in [0.5, 0.6) is 0 Å². The number of carbonyl (C=O) groups is 1. The van der Waals surface area contributed by atoms with Crippen LogP contribution in [0, 0.1) is 5.41 Å². The van der Waals surface area contributed by atoms with Crippen LogP contribution >= 0.6 is 11.6 Å². The van der Waals surface area contributed by atoms with Crippen molar-refractivity contribution in [2.24, 2.45) is 11.1 Å². The number of rotatable bonds is 7. The van der Waals surface area contributed by atoms with E-state index < -0.39 is 0 Å². The van der Waals surface area contributed by atoms with Gasteiger partial charge < -0.3 is 11.1 Å². The molecule has 2 aliphatic carbocycles. The Morgan fingerprint density at radius 2 is 2.15 bits per heavy atom. The quantitative estimate of drug-likeness (QED) is 0.811. The maximum absolute atomic E-state index is 11.5. The van der Waals surface area contributed by atoms with Crippen LogP contribution in [0.3, 0.4) is 0 Å². The van der Waals surface area contributed by atoms with Crippen molar-refractivity contribution in [3.63, 3.8) is 0 Å². The van der Waals surface area contributed by atoms with E-state index in [9.17, 15) is 4.79 Å². The lowest BCUT2D eigenvalue weighted by Gasteiger charge is -2.13. The SMILES string of the molecule is NC(=O)C1(Cc2cc(CCNC3CC3)ccc2Cl)CC1. The molecule has 3 rings (SSSR count). The molecule has 20 heavy (non-hydrogen) atoms. The second-order valence-electron chi connectivity index (χ2n) is 6.23. The molecule has 1 amide bonds. The highest BCUT2D eigenvalue weighted by Gasteiger charge is 2.48. The predicted octanol–water partition coefficient (Wildman–Crippen LogP) is 2.44. The first-order valence-corrected chi connectivity index (χ1v) is 7.77. The van der Waals surface area contributed by atoms with E-state index in [0.29, 0.717) is 6.42 Å². The van der Waals surface area contributed by atoms with E-state index in [1.807, 2.05) is 6.07 Å². The average molecular weight is 293 g/mol. The third-order valence-corrected chi connectivity index (χ3v) is 4.81. The fraction of sp³-hybridized carbons (Fsp3) is 0.562. The molecular formula is C16H21ClN2O. The Hall–Kier alpha value is -1.06. The van der Waals surface area contributed by atoms with Crippen molar-refractivity contribution < 1.29 is 4.79 Å². The van der Waals surface area contributed by atoms with Gasteiger partial charge in [0.05, 0.1) is 5.41 Å². The van der Waals surface area contributed by atoms with Crippen LogP contribution in [0.4, 0.5) is 0 Å². The van der Waals surface area contributed by atoms with Crippen LogP contribution in [0.25, 0.3) is 0 Å². The van der Waals surface area contributed by atoms with Crippen LogP contribution in [-0.2, 0) is 17.6 Å². The van der Waals surface area contributed by atoms with E-state index in [4.69, 9.17) is 17.3 Å². The minimum absolute atomic E-state index is 0.186. The Balaban J connectivity index is 1.64. The van der Waals surface area contributed by atoms with Crippen molar-refractivity contribution >= 4 is 17.5 Å². The molecule has 108 valence electrons. The highest BCUT2D eigenvalue weighted by Crippen LogP contribution is 2.48. The normalized spacial score (nSPS) is 19.9. The van der Waals surface area contributed by atoms with Gasteiger partial charge in [-0.2, -0.15) is 0 Å². The Bertz CT molecular complexity index is 521. The molecule has 0 atom stereocenters. The summed E-state index contributed by atoms with van der Waals surface area (Å²) in [6.45, 7) is 1.01. The monoisotopic (exact) mass is 292 g/mol. The van der Waals surface area contributed by atoms with E-state index >= 15 is 0 Å². The molecule has 3 nitrogen and oxygen atoms in total. The third-order valence-electron chi connectivity index (χ3n) is 4.44. The van der Waals surface area contributed by atoms with Gasteiger partial charge in [0, 0.05) is 11.1 Å². The fourth-order valence-corrected chi connectivity index (χ4v) is 2.84. The van der Waals surface area contributed by atoms with Gasteiger partial charge in [-0.1, -0.05) is 23.7 Å². The molecule has 0 unspecified atom stereocenters. The number of primary amides is 1. The summed E-state index contributed by atoms with van der Waals surface area (Å²) in [6.07, 6.45) is 6.10. The van der Waals surface area contributed by atoms with Gasteiger partial charge in [-0.25, -0.2) is 0 Å². The summed E-state index contributed by atoms with van der Waals surface area (Å²) in [6, 6.07) is 6.90. The molecular weight excluding hydrogens is 272 g/mol. The molecule has 2 aliphatic rings. The van der Waals surface area contributed by atoms with Crippen LogP contribution in [0.15, 0.2) is 18.2 Å². The molecule has 2 saturated carbocycles. The zero-order valence-corrected chi connectivity index (χ0v) is 12.4. The average Bonchev–Trinajstić information content (AvgIpc) is 3.28. The Labute approximate surface area is 124 Å². The molecule has 0 spiro atoms. The van der Waals surface area contributed by atoms with Gasteiger partial charge in [0.1, 0.15) is 0 Å². The number of nitrogens with one attached hydrogen (secondary N) is 1. The van der Waals surface area contributed by atoms with Gasteiger partial charge in [-0.15, -0.1) is 0 Å². The number of amides is 1. The maximum Gasteiger partial charge on any atom is 0.223 e. The zero-order valence-electron chi connectivity index (χ0n) is 11.6. The summed E-state index contributed by atoms with van der Waals surface area (Å²) in [5.74, 6) is -0.186. The number of hydrogen-bond acceptors (Lipinski definition) is 2. The van der Waals surface area contributed by atoms with Gasteiger partial charge >= 0.3 is 0 Å². The molecule has 0 aromatic heterocycles. The second kappa shape index (κ2) is 5.38. The molecule has 3 N–H and O–H groups in total. The lowest BCUT2D eigenvalue weighted by molar-refractivity contribution is -0.123. The summed E-state index contributed by atoms with van der Waals surface area (Å²) in [4.78, 5) is 11.5. The molecule has 1 aromatic rings. The highest BCUT2D eigenvalue weighted by molar-refractivity contribution is 6.31. The lowest BCUT2D eigenvalue weighted by atomic mass is 9.94. The summed E-state index contributed by atoms with van der Waals surface area (Å²) >= 11 is 6.26. The molecule has 4 heteroatoms. The van der Waals surface area contributed by atoms with Crippen molar-refractivity contribution in [3.8, 4) is 0 Å². The summed E-state index contributed by atoms with van der Waals surface area (Å²) in [5.41, 5.74) is 7.51. The highest BCUT2D eigenvalue weighted by atomic mass is 35.5. The zero-order chi connectivity index (χ0) is 14.2. The topological polar surface area (TPSA) is 55.1 Å². The predicted molar refractivity (Wildman–Crippen MR) is 80.7 cm³/mol. The van der Waals surface area contributed by atoms with Crippen molar-refractivity contribution in [2.75, 3.05) is 6.54 Å². The van der Waals surface area contributed by atoms with Gasteiger partial charge in [0.15, 0.2) is 0 Å². The number of halogens is 1. The molecule has 0 heterocycles. The van der Waals surface area contributed by atoms with Gasteiger partial charge in [-0.3, -0.25) is 4.79 Å². The minimum atomic E-state index is -0.325. The van der Waals surface area contributed by atoms with Gasteiger partial charge in [0.25, 0.3) is 0 Å². The third kappa shape index (κ3) is 3.15. The van der Waals surface area contributed by atoms with Crippen LogP contribution in [0.2, 0.25) is 5.02 Å². The van der Waals surface area contributed by atoms with Gasteiger partial charge in [-0.05, 0) is 62.3 Å². The minimum Gasteiger partial charge on any atom is -0.369 e. The first-order chi connectivity index (χ1) is 9.59.